The zero-order chi connectivity index (χ0) is 88.4. The van der Waals surface area contributed by atoms with E-state index in [1.165, 1.54) is 24.3 Å². The van der Waals surface area contributed by atoms with Crippen LogP contribution in [-0.4, -0.2) is 0 Å². The zero-order valence-electron chi connectivity index (χ0n) is 68.9. The zero-order valence-corrected chi connectivity index (χ0v) is 68.9. The molecule has 0 amide bonds. The minimum absolute atomic E-state index is 0.120. The SMILES string of the molecule is [C-]#[N+]c1ccc(N(c2c(F)cc(F)cc2-c2ccc(C)cc2)c2ccc3ccc4c(N(c5ccc(C#N)cc5)c5c(F)cc(F)cc5-c5ccc(C)cc5)ccc5ccc2c3c54)cc1.[C-]#[N+]c1ccc(N(c2c(F)cc(F)cc2-c2cccc(C)c2)c2ccc3ccc4c(N(c5ccc(C#N)cc5)c5c(F)cc(F)cc5-c5cccc(C)c5)ccc5ccc2c3c54)cc1. The van der Waals surface area contributed by atoms with Crippen LogP contribution in [0.15, 0.2) is 340 Å². The minimum Gasteiger partial charge on any atom is -0.307 e. The number of anilines is 12. The first-order chi connectivity index (χ1) is 62.2. The third kappa shape index (κ3) is 14.6. The molecule has 0 aliphatic heterocycles. The van der Waals surface area contributed by atoms with Crippen LogP contribution in [0.4, 0.5) is 115 Å². The molecule has 612 valence electrons. The van der Waals surface area contributed by atoms with Gasteiger partial charge in [-0.3, -0.25) is 0 Å². The number of nitriles is 2. The highest BCUT2D eigenvalue weighted by Gasteiger charge is 2.33. The van der Waals surface area contributed by atoms with E-state index in [2.05, 4.69) is 21.8 Å². The van der Waals surface area contributed by atoms with Gasteiger partial charge in [0.25, 0.3) is 0 Å². The fraction of sp³-hybridized carbons (Fsp3) is 0.0357. The number of aryl methyl sites for hydroxylation is 4. The van der Waals surface area contributed by atoms with Crippen molar-refractivity contribution >= 4 is 144 Å². The molecule has 0 aliphatic rings. The topological polar surface area (TPSA) is 69.3 Å². The van der Waals surface area contributed by atoms with Crippen molar-refractivity contribution in [2.24, 2.45) is 0 Å². The van der Waals surface area contributed by atoms with Crippen LogP contribution in [0.1, 0.15) is 33.4 Å². The van der Waals surface area contributed by atoms with Crippen molar-refractivity contribution < 1.29 is 35.1 Å². The van der Waals surface area contributed by atoms with Gasteiger partial charge >= 0.3 is 0 Å². The van der Waals surface area contributed by atoms with Crippen LogP contribution in [0.5, 0.6) is 0 Å². The maximum atomic E-state index is 16.8. The molecular formula is C112H68F8N8. The summed E-state index contributed by atoms with van der Waals surface area (Å²) in [6.45, 7) is 23.0. The molecule has 8 nitrogen and oxygen atoms in total. The summed E-state index contributed by atoms with van der Waals surface area (Å²) in [7, 11) is 0. The van der Waals surface area contributed by atoms with Gasteiger partial charge in [-0.1, -0.05) is 216 Å². The molecule has 0 spiro atoms. The fourth-order valence-corrected chi connectivity index (χ4v) is 17.7. The molecule has 0 atom stereocenters. The van der Waals surface area contributed by atoms with E-state index in [-0.39, 0.29) is 22.7 Å². The van der Waals surface area contributed by atoms with E-state index >= 15 is 35.1 Å². The Morgan fingerprint density at radius 3 is 0.750 bits per heavy atom. The minimum atomic E-state index is -0.779. The quantitative estimate of drug-likeness (QED) is 0.0545. The molecular weight excluding hydrogens is 1610 g/mol. The molecule has 128 heavy (non-hydrogen) atoms. The maximum absolute atomic E-state index is 16.8. The Hall–Kier alpha value is -16.9. The average Bonchev–Trinajstić information content (AvgIpc) is 0.718. The Bertz CT molecular complexity index is 7540. The molecule has 0 aliphatic carbocycles. The lowest BCUT2D eigenvalue weighted by Crippen LogP contribution is -2.15. The number of hydrogen-bond acceptors (Lipinski definition) is 6. The maximum Gasteiger partial charge on any atom is 0.187 e. The van der Waals surface area contributed by atoms with Crippen molar-refractivity contribution in [3.8, 4) is 56.6 Å². The van der Waals surface area contributed by atoms with Crippen molar-refractivity contribution in [3.63, 3.8) is 0 Å². The summed E-state index contributed by atoms with van der Waals surface area (Å²) < 4.78 is 128. The number of halogens is 8. The predicted molar refractivity (Wildman–Crippen MR) is 501 cm³/mol. The monoisotopic (exact) mass is 1680 g/mol. The van der Waals surface area contributed by atoms with Crippen molar-refractivity contribution in [2.45, 2.75) is 27.7 Å². The lowest BCUT2D eigenvalue weighted by atomic mass is 9.91. The van der Waals surface area contributed by atoms with Gasteiger partial charge in [0, 0.05) is 90.8 Å². The van der Waals surface area contributed by atoms with Gasteiger partial charge in [0.1, 0.15) is 23.3 Å². The van der Waals surface area contributed by atoms with Crippen LogP contribution in [0, 0.1) is 110 Å². The van der Waals surface area contributed by atoms with Gasteiger partial charge in [0.05, 0.1) is 81.9 Å². The van der Waals surface area contributed by atoms with Crippen LogP contribution in [0.25, 0.3) is 119 Å². The van der Waals surface area contributed by atoms with E-state index in [4.69, 9.17) is 13.1 Å². The van der Waals surface area contributed by atoms with Gasteiger partial charge in [-0.2, -0.15) is 10.5 Å². The fourth-order valence-electron chi connectivity index (χ4n) is 17.7. The highest BCUT2D eigenvalue weighted by molar-refractivity contribution is 6.30. The van der Waals surface area contributed by atoms with Crippen LogP contribution >= 0.6 is 0 Å². The predicted octanol–water partition coefficient (Wildman–Crippen LogP) is 32.9. The third-order valence-corrected chi connectivity index (χ3v) is 23.6. The second-order valence-electron chi connectivity index (χ2n) is 31.7. The lowest BCUT2D eigenvalue weighted by Gasteiger charge is -2.31. The normalized spacial score (nSPS) is 11.2. The first-order valence-electron chi connectivity index (χ1n) is 41.0. The van der Waals surface area contributed by atoms with Crippen LogP contribution in [0.2, 0.25) is 0 Å². The van der Waals surface area contributed by atoms with Gasteiger partial charge < -0.3 is 19.6 Å². The number of benzene rings is 20. The van der Waals surface area contributed by atoms with E-state index < -0.39 is 46.5 Å². The van der Waals surface area contributed by atoms with E-state index in [0.717, 1.165) is 111 Å². The Labute approximate surface area is 732 Å². The molecule has 0 N–H and O–H groups in total. The second kappa shape index (κ2) is 33.0. The highest BCUT2D eigenvalue weighted by Crippen LogP contribution is 2.55. The average molecular weight is 1680 g/mol. The lowest BCUT2D eigenvalue weighted by molar-refractivity contribution is 0.584. The summed E-state index contributed by atoms with van der Waals surface area (Å²) in [5, 5.41) is 29.3. The van der Waals surface area contributed by atoms with E-state index in [0.29, 0.717) is 113 Å². The Balaban J connectivity index is 0.000000167. The Morgan fingerprint density at radius 1 is 0.250 bits per heavy atom. The van der Waals surface area contributed by atoms with Crippen molar-refractivity contribution in [3.05, 3.63) is 442 Å². The molecule has 0 fully saturated rings. The molecule has 0 aromatic heterocycles. The van der Waals surface area contributed by atoms with E-state index in [9.17, 15) is 10.5 Å². The van der Waals surface area contributed by atoms with Gasteiger partial charge in [0.2, 0.25) is 0 Å². The van der Waals surface area contributed by atoms with Crippen molar-refractivity contribution in [1.29, 1.82) is 10.5 Å². The van der Waals surface area contributed by atoms with Crippen LogP contribution in [0.3, 0.4) is 0 Å². The molecule has 0 radical (unpaired) electrons. The van der Waals surface area contributed by atoms with Crippen molar-refractivity contribution in [1.82, 2.24) is 0 Å². The molecule has 20 rings (SSSR count). The second-order valence-corrected chi connectivity index (χ2v) is 31.7. The number of rotatable bonds is 16. The molecule has 0 saturated heterocycles. The third-order valence-electron chi connectivity index (χ3n) is 23.6. The molecule has 16 heteroatoms. The molecule has 0 heterocycles. The summed E-state index contributed by atoms with van der Waals surface area (Å²) in [5.74, 6) is -6.01. The van der Waals surface area contributed by atoms with Gasteiger partial charge in [-0.05, 0) is 214 Å². The summed E-state index contributed by atoms with van der Waals surface area (Å²) in [6, 6.07) is 102. The highest BCUT2D eigenvalue weighted by atomic mass is 19.2. The standard InChI is InChI=1S/2C56H34F4N4/c1-33-4-10-36(11-5-33)47-28-40(57)30-49(59)55(47)63(43-20-8-35(32-61)9-21-43)51-26-16-38-15-25-46-52(27-17-39-14-24-45(51)53(38)54(39)46)64(44-22-18-42(62-3)19-23-44)56-48(29-41(58)31-50(56)60)37-12-6-34(2)7-13-37;1-33-6-4-8-38(26-33)47-28-40(57)30-49(59)55(47)63(43-18-10-35(32-61)11-19-43)51-24-14-36-13-23-46-52(25-15-37-12-22-45(51)53(36)54(37)46)64(44-20-16-42(62-3)17-21-44)56-48(29-41(58)31-50(56)60)39-9-5-7-34(2)27-39/h2*4-31H,1-2H3. The largest absolute Gasteiger partial charge is 0.307 e. The van der Waals surface area contributed by atoms with E-state index in [1.807, 2.05) is 222 Å². The van der Waals surface area contributed by atoms with Crippen LogP contribution in [-0.2, 0) is 0 Å². The Kier molecular flexibility index (Phi) is 20.9. The summed E-state index contributed by atoms with van der Waals surface area (Å²) in [5.41, 5.74) is 14.3. The first kappa shape index (κ1) is 80.8. The number of hydrogen-bond donors (Lipinski definition) is 0. The van der Waals surface area contributed by atoms with E-state index in [1.54, 1.807) is 117 Å². The van der Waals surface area contributed by atoms with Crippen molar-refractivity contribution in [2.75, 3.05) is 19.6 Å². The molecule has 0 saturated carbocycles. The molecule has 0 unspecified atom stereocenters. The summed E-state index contributed by atoms with van der Waals surface area (Å²) in [4.78, 5) is 14.3. The number of nitrogens with zero attached hydrogens (tertiary/aromatic N) is 8. The first-order valence-corrected chi connectivity index (χ1v) is 41.0. The molecule has 20 aromatic carbocycles. The Morgan fingerprint density at radius 2 is 0.500 bits per heavy atom. The molecule has 0 bridgehead atoms. The summed E-state index contributed by atoms with van der Waals surface area (Å²) in [6.07, 6.45) is 0. The van der Waals surface area contributed by atoms with Gasteiger partial charge in [0.15, 0.2) is 34.6 Å². The van der Waals surface area contributed by atoms with Gasteiger partial charge in [-0.15, -0.1) is 0 Å². The van der Waals surface area contributed by atoms with Crippen LogP contribution < -0.4 is 19.6 Å². The smallest absolute Gasteiger partial charge is 0.187 e. The van der Waals surface area contributed by atoms with Gasteiger partial charge in [-0.25, -0.2) is 44.8 Å². The molecule has 20 aromatic rings. The summed E-state index contributed by atoms with van der Waals surface area (Å²) >= 11 is 0.